The number of benzene rings is 3. The molecule has 0 unspecified atom stereocenters. The largest absolute Gasteiger partial charge is 0.456 e. The predicted molar refractivity (Wildman–Crippen MR) is 133 cm³/mol. The van der Waals surface area contributed by atoms with E-state index in [0.29, 0.717) is 11.3 Å². The highest BCUT2D eigenvalue weighted by Gasteiger charge is 2.16. The van der Waals surface area contributed by atoms with Crippen LogP contribution in [0, 0.1) is 6.92 Å². The first-order valence-corrected chi connectivity index (χ1v) is 11.4. The van der Waals surface area contributed by atoms with Gasteiger partial charge in [0.15, 0.2) is 5.13 Å². The third kappa shape index (κ3) is 4.76. The number of esters is 1. The number of rotatable bonds is 6. The van der Waals surface area contributed by atoms with Gasteiger partial charge in [-0.25, -0.2) is 14.8 Å². The Hall–Kier alpha value is -4.03. The van der Waals surface area contributed by atoms with E-state index < -0.39 is 5.97 Å². The van der Waals surface area contributed by atoms with Crippen molar-refractivity contribution in [1.29, 1.82) is 0 Å². The smallest absolute Gasteiger partial charge is 0.339 e. The van der Waals surface area contributed by atoms with Crippen LogP contribution in [0.25, 0.3) is 22.2 Å². The molecule has 0 aliphatic carbocycles. The number of aryl methyl sites for hydroxylation is 1. The minimum absolute atomic E-state index is 0.0995. The van der Waals surface area contributed by atoms with Crippen LogP contribution in [0.4, 0.5) is 10.8 Å². The lowest BCUT2D eigenvalue weighted by molar-refractivity contribution is 0.0471. The maximum Gasteiger partial charge on any atom is 0.339 e. The first-order chi connectivity index (χ1) is 16.2. The normalized spacial score (nSPS) is 10.8. The molecule has 162 valence electrons. The van der Waals surface area contributed by atoms with Crippen molar-refractivity contribution in [3.05, 3.63) is 107 Å². The molecule has 0 amide bonds. The van der Waals surface area contributed by atoms with Crippen molar-refractivity contribution in [2.24, 2.45) is 0 Å². The van der Waals surface area contributed by atoms with Crippen LogP contribution >= 0.6 is 11.3 Å². The topological polar surface area (TPSA) is 64.1 Å². The van der Waals surface area contributed by atoms with Crippen LogP contribution in [0.3, 0.4) is 0 Å². The van der Waals surface area contributed by atoms with Gasteiger partial charge in [0.25, 0.3) is 0 Å². The monoisotopic (exact) mass is 451 g/mol. The third-order valence-electron chi connectivity index (χ3n) is 5.21. The second kappa shape index (κ2) is 9.22. The SMILES string of the molecule is Cc1ccc(-c2cc(C(=O)OCc3csc(Nc4ccccc4)n3)c3ccccc3n2)cc1. The predicted octanol–water partition coefficient (Wildman–Crippen LogP) is 6.77. The van der Waals surface area contributed by atoms with Crippen molar-refractivity contribution >= 4 is 39.0 Å². The molecule has 0 aliphatic rings. The molecular weight excluding hydrogens is 430 g/mol. The van der Waals surface area contributed by atoms with E-state index >= 15 is 0 Å². The van der Waals surface area contributed by atoms with Gasteiger partial charge in [0, 0.05) is 22.0 Å². The number of nitrogens with zero attached hydrogens (tertiary/aromatic N) is 2. The highest BCUT2D eigenvalue weighted by molar-refractivity contribution is 7.13. The molecule has 0 radical (unpaired) electrons. The number of ether oxygens (including phenoxy) is 1. The standard InChI is InChI=1S/C27H21N3O2S/c1-18-11-13-19(14-12-18)25-15-23(22-9-5-6-10-24(22)30-25)26(31)32-16-21-17-33-27(29-21)28-20-7-3-2-4-8-20/h2-15,17H,16H2,1H3,(H,28,29). The van der Waals surface area contributed by atoms with E-state index in [-0.39, 0.29) is 6.61 Å². The zero-order valence-electron chi connectivity index (χ0n) is 18.0. The molecule has 5 aromatic rings. The van der Waals surface area contributed by atoms with Crippen LogP contribution in [0.1, 0.15) is 21.6 Å². The van der Waals surface area contributed by atoms with E-state index in [1.165, 1.54) is 16.9 Å². The average Bonchev–Trinajstić information content (AvgIpc) is 3.30. The fraction of sp³-hybridized carbons (Fsp3) is 0.0741. The van der Waals surface area contributed by atoms with Crippen LogP contribution in [0.15, 0.2) is 90.3 Å². The zero-order chi connectivity index (χ0) is 22.6. The Morgan fingerprint density at radius 2 is 1.70 bits per heavy atom. The number of carbonyl (C=O) groups is 1. The van der Waals surface area contributed by atoms with Crippen LogP contribution in [0.5, 0.6) is 0 Å². The number of thiazole rings is 1. The minimum Gasteiger partial charge on any atom is -0.456 e. The van der Waals surface area contributed by atoms with Crippen LogP contribution in [0.2, 0.25) is 0 Å². The Kier molecular flexibility index (Phi) is 5.83. The summed E-state index contributed by atoms with van der Waals surface area (Å²) in [6.07, 6.45) is 0. The van der Waals surface area contributed by atoms with Crippen molar-refractivity contribution in [3.8, 4) is 11.3 Å². The van der Waals surface area contributed by atoms with Gasteiger partial charge in [0.05, 0.1) is 22.5 Å². The molecular formula is C27H21N3O2S. The summed E-state index contributed by atoms with van der Waals surface area (Å²) in [6, 6.07) is 27.3. The molecule has 0 atom stereocenters. The van der Waals surface area contributed by atoms with Gasteiger partial charge in [-0.05, 0) is 31.2 Å². The van der Waals surface area contributed by atoms with Crippen LogP contribution in [-0.4, -0.2) is 15.9 Å². The summed E-state index contributed by atoms with van der Waals surface area (Å²) in [4.78, 5) is 22.4. The molecule has 1 N–H and O–H groups in total. The van der Waals surface area contributed by atoms with Gasteiger partial charge in [-0.15, -0.1) is 11.3 Å². The highest BCUT2D eigenvalue weighted by atomic mass is 32.1. The van der Waals surface area contributed by atoms with Crippen molar-refractivity contribution in [2.75, 3.05) is 5.32 Å². The van der Waals surface area contributed by atoms with Crippen LogP contribution in [-0.2, 0) is 11.3 Å². The van der Waals surface area contributed by atoms with E-state index in [9.17, 15) is 4.79 Å². The maximum atomic E-state index is 13.1. The van der Waals surface area contributed by atoms with Gasteiger partial charge in [-0.2, -0.15) is 0 Å². The Balaban J connectivity index is 1.36. The fourth-order valence-electron chi connectivity index (χ4n) is 3.51. The van der Waals surface area contributed by atoms with Crippen molar-refractivity contribution in [1.82, 2.24) is 9.97 Å². The van der Waals surface area contributed by atoms with Crippen LogP contribution < -0.4 is 5.32 Å². The van der Waals surface area contributed by atoms with E-state index in [4.69, 9.17) is 9.72 Å². The summed E-state index contributed by atoms with van der Waals surface area (Å²) in [5.74, 6) is -0.396. The number of para-hydroxylation sites is 2. The van der Waals surface area contributed by atoms with Gasteiger partial charge >= 0.3 is 5.97 Å². The number of pyridine rings is 1. The molecule has 0 fully saturated rings. The second-order valence-electron chi connectivity index (χ2n) is 7.65. The lowest BCUT2D eigenvalue weighted by Gasteiger charge is -2.10. The first-order valence-electron chi connectivity index (χ1n) is 10.6. The highest BCUT2D eigenvalue weighted by Crippen LogP contribution is 2.26. The lowest BCUT2D eigenvalue weighted by atomic mass is 10.0. The van der Waals surface area contributed by atoms with E-state index in [2.05, 4.69) is 10.3 Å². The van der Waals surface area contributed by atoms with Crippen molar-refractivity contribution < 1.29 is 9.53 Å². The summed E-state index contributed by atoms with van der Waals surface area (Å²) >= 11 is 1.47. The third-order valence-corrected chi connectivity index (χ3v) is 6.02. The summed E-state index contributed by atoms with van der Waals surface area (Å²) in [5, 5.41) is 6.67. The minimum atomic E-state index is -0.396. The Labute approximate surface area is 195 Å². The fourth-order valence-corrected chi connectivity index (χ4v) is 4.22. The molecule has 5 nitrogen and oxygen atoms in total. The number of anilines is 2. The number of nitrogens with one attached hydrogen (secondary N) is 1. The van der Waals surface area contributed by atoms with Crippen molar-refractivity contribution in [2.45, 2.75) is 13.5 Å². The molecule has 0 aliphatic heterocycles. The number of hydrogen-bond donors (Lipinski definition) is 1. The number of aromatic nitrogens is 2. The molecule has 0 saturated heterocycles. The summed E-state index contributed by atoms with van der Waals surface area (Å²) in [6.45, 7) is 2.14. The zero-order valence-corrected chi connectivity index (χ0v) is 18.8. The molecule has 33 heavy (non-hydrogen) atoms. The molecule has 5 rings (SSSR count). The molecule has 0 saturated carbocycles. The second-order valence-corrected chi connectivity index (χ2v) is 8.51. The number of carbonyl (C=O) groups excluding carboxylic acids is 1. The Bertz CT molecular complexity index is 1410. The summed E-state index contributed by atoms with van der Waals surface area (Å²) in [5.41, 5.74) is 5.77. The summed E-state index contributed by atoms with van der Waals surface area (Å²) < 4.78 is 5.65. The van der Waals surface area contributed by atoms with Gasteiger partial charge < -0.3 is 10.1 Å². The molecule has 6 heteroatoms. The quantitative estimate of drug-likeness (QED) is 0.289. The molecule has 2 heterocycles. The van der Waals surface area contributed by atoms with Gasteiger partial charge in [0.1, 0.15) is 6.61 Å². The first kappa shape index (κ1) is 20.8. The van der Waals surface area contributed by atoms with Gasteiger partial charge in [-0.3, -0.25) is 0 Å². The molecule has 0 spiro atoms. The average molecular weight is 452 g/mol. The van der Waals surface area contributed by atoms with Crippen molar-refractivity contribution in [3.63, 3.8) is 0 Å². The summed E-state index contributed by atoms with van der Waals surface area (Å²) in [7, 11) is 0. The molecule has 3 aromatic carbocycles. The Morgan fingerprint density at radius 3 is 2.52 bits per heavy atom. The Morgan fingerprint density at radius 1 is 0.939 bits per heavy atom. The lowest BCUT2D eigenvalue weighted by Crippen LogP contribution is -2.07. The number of hydrogen-bond acceptors (Lipinski definition) is 6. The maximum absolute atomic E-state index is 13.1. The number of fused-ring (bicyclic) bond motifs is 1. The van der Waals surface area contributed by atoms with Gasteiger partial charge in [-0.1, -0.05) is 66.2 Å². The van der Waals surface area contributed by atoms with E-state index in [1.807, 2.05) is 91.2 Å². The van der Waals surface area contributed by atoms with Gasteiger partial charge in [0.2, 0.25) is 0 Å². The molecule has 2 aromatic heterocycles. The molecule has 0 bridgehead atoms. The van der Waals surface area contributed by atoms with E-state index in [0.717, 1.165) is 33.0 Å². The van der Waals surface area contributed by atoms with E-state index in [1.54, 1.807) is 6.07 Å².